The first-order valence-electron chi connectivity index (χ1n) is 8.07. The minimum Gasteiger partial charge on any atom is -0.495 e. The molecule has 1 amide bonds. The molecule has 7 nitrogen and oxygen atoms in total. The van der Waals surface area contributed by atoms with Gasteiger partial charge in [0, 0.05) is 10.9 Å². The van der Waals surface area contributed by atoms with Gasteiger partial charge < -0.3 is 10.1 Å². The van der Waals surface area contributed by atoms with E-state index in [0.717, 1.165) is 5.56 Å². The van der Waals surface area contributed by atoms with Crippen molar-refractivity contribution in [1.29, 1.82) is 0 Å². The molecule has 1 aromatic carbocycles. The van der Waals surface area contributed by atoms with Crippen LogP contribution in [0.4, 0.5) is 5.13 Å². The summed E-state index contributed by atoms with van der Waals surface area (Å²) in [4.78, 5) is 33.9. The molecule has 3 aromatic heterocycles. The van der Waals surface area contributed by atoms with Gasteiger partial charge in [-0.2, -0.15) is 0 Å². The molecule has 3 heterocycles. The largest absolute Gasteiger partial charge is 0.495 e. The fourth-order valence-corrected chi connectivity index (χ4v) is 4.33. The van der Waals surface area contributed by atoms with Gasteiger partial charge in [0.15, 0.2) is 5.13 Å². The quantitative estimate of drug-likeness (QED) is 0.517. The summed E-state index contributed by atoms with van der Waals surface area (Å²) in [6.45, 7) is -0.138. The van der Waals surface area contributed by atoms with E-state index >= 15 is 0 Å². The number of carbonyl (C=O) groups excluding carboxylic acids is 1. The van der Waals surface area contributed by atoms with Crippen molar-refractivity contribution in [2.24, 2.45) is 0 Å². The fraction of sp³-hybridized carbons (Fsp3) is 0.111. The Bertz CT molecular complexity index is 1230. The van der Waals surface area contributed by atoms with Crippen molar-refractivity contribution in [3.8, 4) is 17.0 Å². The summed E-state index contributed by atoms with van der Waals surface area (Å²) in [7, 11) is 1.55. The van der Waals surface area contributed by atoms with Crippen molar-refractivity contribution in [3.63, 3.8) is 0 Å². The number of hydrogen-bond acceptors (Lipinski definition) is 7. The fourth-order valence-electron chi connectivity index (χ4n) is 2.61. The Labute approximate surface area is 172 Å². The molecular weight excluding hydrogens is 420 g/mol. The number of thiazole rings is 1. The van der Waals surface area contributed by atoms with Crippen molar-refractivity contribution >= 4 is 55.5 Å². The molecule has 0 aliphatic rings. The number of hydrogen-bond donors (Lipinski definition) is 1. The van der Waals surface area contributed by atoms with Crippen LogP contribution >= 0.6 is 34.3 Å². The van der Waals surface area contributed by atoms with E-state index in [-0.39, 0.29) is 18.0 Å². The molecule has 4 aromatic rings. The third kappa shape index (κ3) is 3.64. The number of ether oxygens (including phenoxy) is 1. The number of carbonyl (C=O) groups is 1. The van der Waals surface area contributed by atoms with Crippen LogP contribution in [0.3, 0.4) is 0 Å². The zero-order chi connectivity index (χ0) is 19.7. The zero-order valence-electron chi connectivity index (χ0n) is 14.5. The minimum absolute atomic E-state index is 0.138. The molecule has 0 radical (unpaired) electrons. The van der Waals surface area contributed by atoms with E-state index in [0.29, 0.717) is 31.8 Å². The van der Waals surface area contributed by atoms with E-state index in [1.165, 1.54) is 33.6 Å². The van der Waals surface area contributed by atoms with Crippen molar-refractivity contribution < 1.29 is 9.53 Å². The van der Waals surface area contributed by atoms with Crippen LogP contribution in [-0.4, -0.2) is 27.6 Å². The molecule has 0 saturated heterocycles. The second-order valence-corrected chi connectivity index (χ2v) is 7.91. The number of thiophene rings is 1. The highest BCUT2D eigenvalue weighted by atomic mass is 35.5. The lowest BCUT2D eigenvalue weighted by Crippen LogP contribution is -2.27. The van der Waals surface area contributed by atoms with Gasteiger partial charge in [0.2, 0.25) is 5.91 Å². The highest BCUT2D eigenvalue weighted by Gasteiger charge is 2.12. The summed E-state index contributed by atoms with van der Waals surface area (Å²) in [5.41, 5.74) is 1.25. The number of nitrogens with one attached hydrogen (secondary N) is 1. The van der Waals surface area contributed by atoms with Crippen LogP contribution in [0, 0.1) is 0 Å². The minimum atomic E-state index is -0.354. The molecule has 4 rings (SSSR count). The molecule has 0 bridgehead atoms. The lowest BCUT2D eigenvalue weighted by Gasteiger charge is -2.05. The first-order valence-corrected chi connectivity index (χ1v) is 10.2. The molecule has 10 heteroatoms. The Morgan fingerprint density at radius 3 is 2.96 bits per heavy atom. The molecule has 0 aliphatic heterocycles. The molecule has 0 saturated carbocycles. The molecule has 0 unspecified atom stereocenters. The third-order valence-electron chi connectivity index (χ3n) is 3.96. The molecule has 142 valence electrons. The monoisotopic (exact) mass is 432 g/mol. The van der Waals surface area contributed by atoms with Gasteiger partial charge in [0.05, 0.1) is 29.5 Å². The summed E-state index contributed by atoms with van der Waals surface area (Å²) >= 11 is 8.83. The average molecular weight is 433 g/mol. The molecule has 0 aliphatic carbocycles. The van der Waals surface area contributed by atoms with Gasteiger partial charge in [-0.25, -0.2) is 9.97 Å². The van der Waals surface area contributed by atoms with E-state index < -0.39 is 0 Å². The Kier molecular flexibility index (Phi) is 5.12. The van der Waals surface area contributed by atoms with Crippen LogP contribution in [0.5, 0.6) is 5.75 Å². The summed E-state index contributed by atoms with van der Waals surface area (Å²) in [5.74, 6) is 0.225. The predicted octanol–water partition coefficient (Wildman–Crippen LogP) is 3.88. The molecular formula is C18H13ClN4O3S2. The van der Waals surface area contributed by atoms with E-state index in [4.69, 9.17) is 16.3 Å². The Balaban J connectivity index is 1.48. The van der Waals surface area contributed by atoms with Crippen LogP contribution in [-0.2, 0) is 11.3 Å². The first kappa shape index (κ1) is 18.6. The van der Waals surface area contributed by atoms with E-state index in [1.54, 1.807) is 30.7 Å². The number of halogens is 1. The van der Waals surface area contributed by atoms with Crippen LogP contribution in [0.2, 0.25) is 5.02 Å². The number of methoxy groups -OCH3 is 1. The van der Waals surface area contributed by atoms with Crippen LogP contribution in [0.1, 0.15) is 0 Å². The number of benzene rings is 1. The summed E-state index contributed by atoms with van der Waals surface area (Å²) in [6, 6.07) is 7.06. The standard InChI is InChI=1S/C18H13ClN4O3S2/c1-26-14-3-2-10(6-12(14)19)13-8-28-18(21-13)22-15(24)7-23-9-20-16-11(17(23)25)4-5-27-16/h2-6,8-9H,7H2,1H3,(H,21,22,24). The van der Waals surface area contributed by atoms with Crippen molar-refractivity contribution in [2.75, 3.05) is 12.4 Å². The number of anilines is 1. The van der Waals surface area contributed by atoms with Gasteiger partial charge in [-0.05, 0) is 29.6 Å². The second kappa shape index (κ2) is 7.70. The Hall–Kier alpha value is -2.75. The Morgan fingerprint density at radius 2 is 2.18 bits per heavy atom. The van der Waals surface area contributed by atoms with Crippen LogP contribution in [0.25, 0.3) is 21.5 Å². The summed E-state index contributed by atoms with van der Waals surface area (Å²) in [6.07, 6.45) is 1.38. The smallest absolute Gasteiger partial charge is 0.262 e. The lowest BCUT2D eigenvalue weighted by molar-refractivity contribution is -0.116. The average Bonchev–Trinajstić information content (AvgIpc) is 3.34. The molecule has 0 spiro atoms. The first-order chi connectivity index (χ1) is 13.5. The molecule has 28 heavy (non-hydrogen) atoms. The van der Waals surface area contributed by atoms with Crippen molar-refractivity contribution in [2.45, 2.75) is 6.54 Å². The number of fused-ring (bicyclic) bond motifs is 1. The van der Waals surface area contributed by atoms with Gasteiger partial charge in [0.25, 0.3) is 5.56 Å². The second-order valence-electron chi connectivity index (χ2n) is 5.75. The molecule has 0 fully saturated rings. The van der Waals surface area contributed by atoms with Gasteiger partial charge in [0.1, 0.15) is 17.1 Å². The van der Waals surface area contributed by atoms with E-state index in [1.807, 2.05) is 11.4 Å². The lowest BCUT2D eigenvalue weighted by atomic mass is 10.2. The maximum absolute atomic E-state index is 12.4. The van der Waals surface area contributed by atoms with E-state index in [2.05, 4.69) is 15.3 Å². The van der Waals surface area contributed by atoms with Gasteiger partial charge in [-0.15, -0.1) is 22.7 Å². The Morgan fingerprint density at radius 1 is 1.32 bits per heavy atom. The third-order valence-corrected chi connectivity index (χ3v) is 5.84. The maximum atomic E-state index is 12.4. The maximum Gasteiger partial charge on any atom is 0.262 e. The highest BCUT2D eigenvalue weighted by molar-refractivity contribution is 7.16. The molecule has 1 N–H and O–H groups in total. The zero-order valence-corrected chi connectivity index (χ0v) is 16.9. The summed E-state index contributed by atoms with van der Waals surface area (Å²) in [5, 5.41) is 7.75. The number of nitrogens with zero attached hydrogens (tertiary/aromatic N) is 3. The number of aromatic nitrogens is 3. The van der Waals surface area contributed by atoms with Crippen molar-refractivity contribution in [1.82, 2.24) is 14.5 Å². The topological polar surface area (TPSA) is 86.1 Å². The van der Waals surface area contributed by atoms with Gasteiger partial charge in [-0.3, -0.25) is 14.2 Å². The van der Waals surface area contributed by atoms with Crippen LogP contribution < -0.4 is 15.6 Å². The van der Waals surface area contributed by atoms with Gasteiger partial charge >= 0.3 is 0 Å². The normalized spacial score (nSPS) is 10.9. The van der Waals surface area contributed by atoms with Crippen LogP contribution in [0.15, 0.2) is 46.1 Å². The predicted molar refractivity (Wildman–Crippen MR) is 112 cm³/mol. The number of amides is 1. The van der Waals surface area contributed by atoms with Crippen molar-refractivity contribution in [3.05, 3.63) is 56.7 Å². The SMILES string of the molecule is COc1ccc(-c2csc(NC(=O)Cn3cnc4sccc4c3=O)n2)cc1Cl. The highest BCUT2D eigenvalue weighted by Crippen LogP contribution is 2.31. The number of rotatable bonds is 5. The summed E-state index contributed by atoms with van der Waals surface area (Å²) < 4.78 is 6.42. The van der Waals surface area contributed by atoms with Gasteiger partial charge in [-0.1, -0.05) is 11.6 Å². The molecule has 0 atom stereocenters. The van der Waals surface area contributed by atoms with E-state index in [9.17, 15) is 9.59 Å².